The van der Waals surface area contributed by atoms with Crippen molar-refractivity contribution in [2.75, 3.05) is 31.2 Å². The van der Waals surface area contributed by atoms with Crippen molar-refractivity contribution < 1.29 is 35.7 Å². The zero-order valence-electron chi connectivity index (χ0n) is 17.1. The third-order valence-corrected chi connectivity index (χ3v) is 4.37. The Balaban J connectivity index is 0.000000654. The first-order valence-electron chi connectivity index (χ1n) is 9.40. The molecule has 0 saturated carbocycles. The lowest BCUT2D eigenvalue weighted by Crippen LogP contribution is -2.52. The number of hydrogen-bond donors (Lipinski definition) is 2. The molecule has 1 aliphatic rings. The van der Waals surface area contributed by atoms with Crippen LogP contribution < -0.4 is 5.32 Å². The lowest BCUT2D eigenvalue weighted by atomic mass is 9.93. The minimum absolute atomic E-state index is 0.0319. The third kappa shape index (κ3) is 9.06. The van der Waals surface area contributed by atoms with E-state index in [1.54, 1.807) is 0 Å². The highest BCUT2D eigenvalue weighted by Crippen LogP contribution is 2.33. The van der Waals surface area contributed by atoms with E-state index in [-0.39, 0.29) is 26.1 Å². The number of rotatable bonds is 5. The molecule has 3 rings (SSSR count). The number of nitrogens with zero attached hydrogens (tertiary/aromatic N) is 3. The van der Waals surface area contributed by atoms with E-state index in [0.29, 0.717) is 17.6 Å². The largest absolute Gasteiger partial charge is 0.445 e. The topological polar surface area (TPSA) is 122 Å². The van der Waals surface area contributed by atoms with Crippen LogP contribution in [-0.4, -0.2) is 65.7 Å². The van der Waals surface area contributed by atoms with Crippen LogP contribution >= 0.6 is 0 Å². The lowest BCUT2D eigenvalue weighted by molar-refractivity contribution is -0.101. The maximum absolute atomic E-state index is 14.4. The summed E-state index contributed by atoms with van der Waals surface area (Å²) in [6, 6.07) is 5.43. The number of ether oxygens (including phenoxy) is 1. The molecule has 176 valence electrons. The molecule has 9 nitrogen and oxygen atoms in total. The first kappa shape index (κ1) is 25.3. The minimum Gasteiger partial charge on any atom is -0.445 e. The van der Waals surface area contributed by atoms with Gasteiger partial charge in [-0.3, -0.25) is 9.54 Å². The molecule has 0 spiro atoms. The number of aromatic nitrogens is 2. The normalized spacial score (nSPS) is 17.7. The number of alkyl halides is 2. The monoisotopic (exact) mass is 476 g/mol. The highest BCUT2D eigenvalue weighted by molar-refractivity contribution is 7.85. The van der Waals surface area contributed by atoms with Gasteiger partial charge in [-0.05, 0) is 24.1 Å². The van der Waals surface area contributed by atoms with Crippen LogP contribution in [0.1, 0.15) is 12.0 Å². The first-order chi connectivity index (χ1) is 14.9. The molecule has 32 heavy (non-hydrogen) atoms. The summed E-state index contributed by atoms with van der Waals surface area (Å²) < 4.78 is 72.6. The minimum atomic E-state index is -3.67. The van der Waals surface area contributed by atoms with Crippen molar-refractivity contribution in [3.63, 3.8) is 0 Å². The van der Waals surface area contributed by atoms with Gasteiger partial charge in [-0.25, -0.2) is 22.9 Å². The van der Waals surface area contributed by atoms with Crippen LogP contribution in [-0.2, 0) is 21.5 Å². The van der Waals surface area contributed by atoms with E-state index in [1.165, 1.54) is 42.9 Å². The Bertz CT molecular complexity index is 970. The maximum atomic E-state index is 14.4. The number of benzene rings is 1. The van der Waals surface area contributed by atoms with Crippen molar-refractivity contribution >= 4 is 22.0 Å². The molecular weight excluding hydrogens is 453 g/mol. The summed E-state index contributed by atoms with van der Waals surface area (Å²) in [4.78, 5) is 20.9. The Kier molecular flexibility index (Phi) is 8.78. The van der Waals surface area contributed by atoms with Crippen LogP contribution in [0, 0.1) is 11.7 Å². The Morgan fingerprint density at radius 2 is 1.97 bits per heavy atom. The molecule has 1 aliphatic heterocycles. The van der Waals surface area contributed by atoms with Crippen molar-refractivity contribution in [1.29, 1.82) is 0 Å². The molecule has 1 atom stereocenters. The van der Waals surface area contributed by atoms with Crippen molar-refractivity contribution in [3.8, 4) is 0 Å². The second kappa shape index (κ2) is 11.1. The summed E-state index contributed by atoms with van der Waals surface area (Å²) in [5.41, 5.74) is 0.583. The standard InChI is InChI=1S/C18H19F3N4O2.CH4O3S/c19-15-3-1-13(2-4-15)11-27-17(26)25-8-5-14(18(20,21)12-25)9-24-16-10-22-6-7-23-16;1-5(2,3)4/h1-4,6-7,10,14H,5,8-9,11-12H2,(H,23,24);1H3,(H,2,3,4). The SMILES string of the molecule is CS(=O)(=O)O.O=C(OCc1ccc(F)cc1)N1CCC(CNc2cnccn2)C(F)(F)C1. The quantitative estimate of drug-likeness (QED) is 0.632. The molecule has 0 bridgehead atoms. The Morgan fingerprint density at radius 3 is 2.53 bits per heavy atom. The summed E-state index contributed by atoms with van der Waals surface area (Å²) in [7, 11) is -3.67. The summed E-state index contributed by atoms with van der Waals surface area (Å²) in [6.07, 6.45) is 4.47. The van der Waals surface area contributed by atoms with Crippen LogP contribution in [0.15, 0.2) is 42.9 Å². The average molecular weight is 476 g/mol. The Hall–Kier alpha value is -2.93. The molecule has 1 saturated heterocycles. The van der Waals surface area contributed by atoms with Crippen LogP contribution in [0.2, 0.25) is 0 Å². The van der Waals surface area contributed by atoms with Crippen LogP contribution in [0.5, 0.6) is 0 Å². The fourth-order valence-corrected chi connectivity index (χ4v) is 2.83. The zero-order chi connectivity index (χ0) is 23.8. The van der Waals surface area contributed by atoms with Gasteiger partial charge >= 0.3 is 6.09 Å². The number of piperidine rings is 1. The molecule has 1 fully saturated rings. The van der Waals surface area contributed by atoms with Gasteiger partial charge in [-0.1, -0.05) is 12.1 Å². The van der Waals surface area contributed by atoms with Gasteiger partial charge in [0.05, 0.1) is 19.0 Å². The molecule has 1 amide bonds. The third-order valence-electron chi connectivity index (χ3n) is 4.37. The molecule has 0 aliphatic carbocycles. The molecule has 1 unspecified atom stereocenters. The Labute approximate surface area is 183 Å². The molecular formula is C19H23F3N4O5S. The second-order valence-electron chi connectivity index (χ2n) is 7.05. The highest BCUT2D eigenvalue weighted by atomic mass is 32.2. The van der Waals surface area contributed by atoms with E-state index >= 15 is 0 Å². The second-order valence-corrected chi connectivity index (χ2v) is 8.52. The van der Waals surface area contributed by atoms with Gasteiger partial charge in [0.15, 0.2) is 0 Å². The predicted molar refractivity (Wildman–Crippen MR) is 109 cm³/mol. The zero-order valence-corrected chi connectivity index (χ0v) is 17.9. The number of carbonyl (C=O) groups excluding carboxylic acids is 1. The van der Waals surface area contributed by atoms with Gasteiger partial charge < -0.3 is 15.0 Å². The summed E-state index contributed by atoms with van der Waals surface area (Å²) in [5.74, 6) is -3.96. The number of nitrogens with one attached hydrogen (secondary N) is 1. The fraction of sp³-hybridized carbons (Fsp3) is 0.421. The van der Waals surface area contributed by atoms with Crippen LogP contribution in [0.25, 0.3) is 0 Å². The summed E-state index contributed by atoms with van der Waals surface area (Å²) in [6.45, 7) is -0.601. The van der Waals surface area contributed by atoms with E-state index < -0.39 is 40.4 Å². The van der Waals surface area contributed by atoms with Crippen molar-refractivity contribution in [2.45, 2.75) is 19.0 Å². The van der Waals surface area contributed by atoms with Gasteiger partial charge in [-0.15, -0.1) is 0 Å². The number of carbonyl (C=O) groups is 1. The smallest absolute Gasteiger partial charge is 0.410 e. The maximum Gasteiger partial charge on any atom is 0.410 e. The van der Waals surface area contributed by atoms with E-state index in [0.717, 1.165) is 4.90 Å². The van der Waals surface area contributed by atoms with Crippen molar-refractivity contribution in [2.24, 2.45) is 5.92 Å². The average Bonchev–Trinajstić information content (AvgIpc) is 2.71. The molecule has 1 aromatic carbocycles. The number of amides is 1. The van der Waals surface area contributed by atoms with Crippen molar-refractivity contribution in [3.05, 3.63) is 54.2 Å². The van der Waals surface area contributed by atoms with E-state index in [9.17, 15) is 26.4 Å². The van der Waals surface area contributed by atoms with Gasteiger partial charge in [0.25, 0.3) is 16.0 Å². The molecule has 2 N–H and O–H groups in total. The summed E-state index contributed by atoms with van der Waals surface area (Å²) >= 11 is 0. The number of anilines is 1. The van der Waals surface area contributed by atoms with E-state index in [4.69, 9.17) is 9.29 Å². The summed E-state index contributed by atoms with van der Waals surface area (Å²) in [5, 5.41) is 2.85. The number of likely N-dealkylation sites (tertiary alicyclic amines) is 1. The van der Waals surface area contributed by atoms with Gasteiger partial charge in [-0.2, -0.15) is 8.42 Å². The van der Waals surface area contributed by atoms with Crippen LogP contribution in [0.3, 0.4) is 0 Å². The molecule has 2 heterocycles. The van der Waals surface area contributed by atoms with E-state index in [2.05, 4.69) is 15.3 Å². The molecule has 1 aromatic heterocycles. The Morgan fingerprint density at radius 1 is 1.31 bits per heavy atom. The van der Waals surface area contributed by atoms with Crippen LogP contribution in [0.4, 0.5) is 23.8 Å². The molecule has 2 aromatic rings. The number of halogens is 3. The van der Waals surface area contributed by atoms with Crippen molar-refractivity contribution in [1.82, 2.24) is 14.9 Å². The highest BCUT2D eigenvalue weighted by Gasteiger charge is 2.46. The van der Waals surface area contributed by atoms with E-state index in [1.807, 2.05) is 0 Å². The molecule has 0 radical (unpaired) electrons. The van der Waals surface area contributed by atoms with Gasteiger partial charge in [0, 0.05) is 31.4 Å². The number of hydrogen-bond acceptors (Lipinski definition) is 7. The molecule has 13 heteroatoms. The lowest BCUT2D eigenvalue weighted by Gasteiger charge is -2.37. The van der Waals surface area contributed by atoms with Gasteiger partial charge in [0.2, 0.25) is 0 Å². The van der Waals surface area contributed by atoms with Gasteiger partial charge in [0.1, 0.15) is 18.2 Å². The first-order valence-corrected chi connectivity index (χ1v) is 11.2. The predicted octanol–water partition coefficient (Wildman–Crippen LogP) is 2.83. The fourth-order valence-electron chi connectivity index (χ4n) is 2.83.